The Morgan fingerprint density at radius 2 is 1.83 bits per heavy atom. The number of ether oxygens (including phenoxy) is 1. The molecule has 1 saturated carbocycles. The van der Waals surface area contributed by atoms with Crippen LogP contribution in [0.4, 0.5) is 0 Å². The summed E-state index contributed by atoms with van der Waals surface area (Å²) in [4.78, 5) is 57.9. The molecule has 3 heterocycles. The van der Waals surface area contributed by atoms with Crippen LogP contribution in [0.2, 0.25) is 0 Å². The van der Waals surface area contributed by atoms with Crippen LogP contribution < -0.4 is 4.74 Å². The van der Waals surface area contributed by atoms with E-state index in [1.807, 2.05) is 18.3 Å². The summed E-state index contributed by atoms with van der Waals surface area (Å²) in [5.74, 6) is 1.68. The first-order chi connectivity index (χ1) is 17.4. The van der Waals surface area contributed by atoms with Gasteiger partial charge in [-0.25, -0.2) is 4.98 Å². The van der Waals surface area contributed by atoms with Crippen LogP contribution in [0, 0.1) is 18.3 Å². The van der Waals surface area contributed by atoms with E-state index in [9.17, 15) is 19.2 Å². The van der Waals surface area contributed by atoms with Crippen molar-refractivity contribution >= 4 is 23.4 Å². The van der Waals surface area contributed by atoms with Crippen molar-refractivity contribution in [3.8, 4) is 18.1 Å². The van der Waals surface area contributed by atoms with Crippen LogP contribution in [-0.4, -0.2) is 63.9 Å². The number of piperidine rings is 1. The smallest absolute Gasteiger partial charge is 0.266 e. The Morgan fingerprint density at radius 1 is 1.03 bits per heavy atom. The van der Waals surface area contributed by atoms with Gasteiger partial charge < -0.3 is 4.74 Å². The second-order valence-corrected chi connectivity index (χ2v) is 9.62. The Labute approximate surface area is 209 Å². The van der Waals surface area contributed by atoms with Crippen molar-refractivity contribution in [2.75, 3.05) is 19.7 Å². The molecule has 5 rings (SSSR count). The minimum Gasteiger partial charge on any atom is -0.492 e. The van der Waals surface area contributed by atoms with Crippen molar-refractivity contribution in [3.05, 3.63) is 58.9 Å². The highest BCUT2D eigenvalue weighted by Gasteiger charge is 2.45. The van der Waals surface area contributed by atoms with Gasteiger partial charge in [0.2, 0.25) is 0 Å². The van der Waals surface area contributed by atoms with Crippen molar-refractivity contribution in [2.45, 2.75) is 44.7 Å². The molecule has 0 bridgehead atoms. The number of hydrogen-bond donors (Lipinski definition) is 0. The van der Waals surface area contributed by atoms with Crippen molar-refractivity contribution in [3.63, 3.8) is 0 Å². The number of hydrogen-bond acceptors (Lipinski definition) is 7. The number of rotatable bonds is 6. The molecular weight excluding hydrogens is 458 g/mol. The van der Waals surface area contributed by atoms with Gasteiger partial charge >= 0.3 is 0 Å². The maximum atomic E-state index is 13.2. The molecule has 1 atom stereocenters. The largest absolute Gasteiger partial charge is 0.492 e. The molecule has 1 saturated heterocycles. The number of fused-ring (bicyclic) bond motifs is 1. The van der Waals surface area contributed by atoms with Crippen LogP contribution in [0.1, 0.15) is 64.1 Å². The highest BCUT2D eigenvalue weighted by atomic mass is 16.5. The van der Waals surface area contributed by atoms with Crippen LogP contribution in [0.15, 0.2) is 36.5 Å². The van der Waals surface area contributed by atoms with Gasteiger partial charge in [0, 0.05) is 19.2 Å². The number of nitrogens with zero attached hydrogens (tertiary/aromatic N) is 3. The zero-order chi connectivity index (χ0) is 25.2. The number of imide groups is 1. The van der Waals surface area contributed by atoms with Crippen molar-refractivity contribution in [1.29, 1.82) is 0 Å². The van der Waals surface area contributed by atoms with Gasteiger partial charge in [0.05, 0.1) is 30.2 Å². The average molecular weight is 486 g/mol. The van der Waals surface area contributed by atoms with Crippen molar-refractivity contribution in [1.82, 2.24) is 14.8 Å². The average Bonchev–Trinajstić information content (AvgIpc) is 3.14. The maximum Gasteiger partial charge on any atom is 0.266 e. The number of Topliss-reactive ketones (excluding diaryl/α,β-unsaturated/α-hetero) is 2. The number of amides is 2. The molecule has 1 aliphatic carbocycles. The van der Waals surface area contributed by atoms with Crippen LogP contribution in [0.5, 0.6) is 5.75 Å². The summed E-state index contributed by atoms with van der Waals surface area (Å²) >= 11 is 0. The molecule has 36 heavy (non-hydrogen) atoms. The van der Waals surface area contributed by atoms with Crippen LogP contribution >= 0.6 is 0 Å². The summed E-state index contributed by atoms with van der Waals surface area (Å²) in [6, 6.07) is 7.95. The van der Waals surface area contributed by atoms with E-state index in [0.717, 1.165) is 42.9 Å². The molecular formula is C28H27N3O5. The Morgan fingerprint density at radius 3 is 2.53 bits per heavy atom. The predicted molar refractivity (Wildman–Crippen MR) is 130 cm³/mol. The number of likely N-dealkylation sites (tertiary alicyclic amines) is 1. The molecule has 8 heteroatoms. The maximum absolute atomic E-state index is 13.2. The molecule has 1 aromatic heterocycles. The molecule has 0 spiro atoms. The number of terminal acetylenes is 1. The Hall–Kier alpha value is -3.83. The number of ketones is 2. The number of benzene rings is 1. The zero-order valence-corrected chi connectivity index (χ0v) is 19.9. The lowest BCUT2D eigenvalue weighted by Gasteiger charge is -2.31. The van der Waals surface area contributed by atoms with Gasteiger partial charge in [-0.1, -0.05) is 18.1 Å². The number of pyridine rings is 1. The highest BCUT2D eigenvalue weighted by Crippen LogP contribution is 2.35. The van der Waals surface area contributed by atoms with E-state index in [2.05, 4.69) is 15.8 Å². The molecule has 3 aliphatic rings. The van der Waals surface area contributed by atoms with E-state index < -0.39 is 17.9 Å². The van der Waals surface area contributed by atoms with Gasteiger partial charge in [0.25, 0.3) is 11.8 Å². The summed E-state index contributed by atoms with van der Waals surface area (Å²) in [6.07, 6.45) is 9.24. The fourth-order valence-corrected chi connectivity index (χ4v) is 5.19. The molecule has 184 valence electrons. The second-order valence-electron chi connectivity index (χ2n) is 9.62. The van der Waals surface area contributed by atoms with E-state index in [1.165, 1.54) is 0 Å². The van der Waals surface area contributed by atoms with Crippen LogP contribution in [0.3, 0.4) is 0 Å². The molecule has 2 amide bonds. The van der Waals surface area contributed by atoms with Gasteiger partial charge in [-0.2, -0.15) is 0 Å². The van der Waals surface area contributed by atoms with E-state index in [-0.39, 0.29) is 42.0 Å². The molecule has 1 aromatic carbocycles. The fraction of sp³-hybridized carbons (Fsp3) is 0.393. The Balaban J connectivity index is 1.19. The third-order valence-corrected chi connectivity index (χ3v) is 7.22. The molecule has 2 aliphatic heterocycles. The van der Waals surface area contributed by atoms with Gasteiger partial charge in [-0.15, -0.1) is 6.42 Å². The first kappa shape index (κ1) is 23.9. The highest BCUT2D eigenvalue weighted by molar-refractivity contribution is 6.24. The summed E-state index contributed by atoms with van der Waals surface area (Å²) < 4.78 is 6.08. The second kappa shape index (κ2) is 10.0. The quantitative estimate of drug-likeness (QED) is 0.353. The monoisotopic (exact) mass is 485 g/mol. The summed E-state index contributed by atoms with van der Waals surface area (Å²) in [5.41, 5.74) is 2.22. The lowest BCUT2D eigenvalue weighted by molar-refractivity contribution is -0.132. The first-order valence-corrected chi connectivity index (χ1v) is 12.3. The van der Waals surface area contributed by atoms with E-state index >= 15 is 0 Å². The molecule has 0 N–H and O–H groups in total. The van der Waals surface area contributed by atoms with Crippen molar-refractivity contribution < 1.29 is 23.9 Å². The van der Waals surface area contributed by atoms with Crippen LogP contribution in [-0.2, 0) is 16.1 Å². The van der Waals surface area contributed by atoms with E-state index in [1.54, 1.807) is 18.2 Å². The minimum absolute atomic E-state index is 0.151. The third-order valence-electron chi connectivity index (χ3n) is 7.22. The summed E-state index contributed by atoms with van der Waals surface area (Å²) in [6.45, 7) is 3.10. The normalized spacial score (nSPS) is 21.0. The lowest BCUT2D eigenvalue weighted by Crippen LogP contribution is -2.47. The predicted octanol–water partition coefficient (Wildman–Crippen LogP) is 2.64. The van der Waals surface area contributed by atoms with Crippen molar-refractivity contribution in [2.24, 2.45) is 5.92 Å². The molecule has 0 radical (unpaired) electrons. The van der Waals surface area contributed by atoms with Gasteiger partial charge in [-0.3, -0.25) is 29.0 Å². The summed E-state index contributed by atoms with van der Waals surface area (Å²) in [7, 11) is 0. The third kappa shape index (κ3) is 4.67. The van der Waals surface area contributed by atoms with Gasteiger partial charge in [0.1, 0.15) is 17.2 Å². The Bertz CT molecular complexity index is 1250. The van der Waals surface area contributed by atoms with E-state index in [4.69, 9.17) is 11.2 Å². The van der Waals surface area contributed by atoms with Gasteiger partial charge in [-0.05, 0) is 62.0 Å². The zero-order valence-electron chi connectivity index (χ0n) is 19.9. The lowest BCUT2D eigenvalue weighted by atomic mass is 9.92. The topological polar surface area (TPSA) is 96.9 Å². The minimum atomic E-state index is -0.884. The first-order valence-electron chi connectivity index (χ1n) is 12.3. The molecule has 8 nitrogen and oxygen atoms in total. The summed E-state index contributed by atoms with van der Waals surface area (Å²) in [5, 5.41) is 0. The molecule has 1 unspecified atom stereocenters. The molecule has 2 fully saturated rings. The Kier molecular flexibility index (Phi) is 6.66. The number of aromatic nitrogens is 1. The fourth-order valence-electron chi connectivity index (χ4n) is 5.19. The number of carbonyl (C=O) groups is 4. The van der Waals surface area contributed by atoms with Crippen LogP contribution in [0.25, 0.3) is 0 Å². The standard InChI is InChI=1S/C28H27N3O5/c1-2-20-7-6-19(15-29-20)16-30-12-10-18(11-13-30)17-36-25-5-3-4-22-26(25)28(35)31(27(22)34)23-9-8-21(32)14-24(23)33/h1,3-7,15,18,23H,8-14,16-17H2. The molecule has 2 aromatic rings. The van der Waals surface area contributed by atoms with E-state index in [0.29, 0.717) is 24.0 Å². The van der Waals surface area contributed by atoms with Gasteiger partial charge in [0.15, 0.2) is 5.78 Å². The number of carbonyl (C=O) groups excluding carboxylic acids is 4. The SMILES string of the molecule is C#Cc1ccc(CN2CCC(COc3cccc4c3C(=O)N(C3CCC(=O)CC3=O)C4=O)CC2)cn1.